The van der Waals surface area contributed by atoms with Gasteiger partial charge in [-0.15, -0.1) is 6.58 Å². The first kappa shape index (κ1) is 13.5. The van der Waals surface area contributed by atoms with Gasteiger partial charge < -0.3 is 0 Å². The Morgan fingerprint density at radius 1 is 0.941 bits per heavy atom. The summed E-state index contributed by atoms with van der Waals surface area (Å²) in [6, 6.07) is 0. The number of rotatable bonds is 3. The maximum Gasteiger partial charge on any atom is 0.00167 e. The van der Waals surface area contributed by atoms with E-state index in [1.807, 2.05) is 0 Å². The van der Waals surface area contributed by atoms with E-state index in [9.17, 15) is 0 Å². The molecule has 0 aromatic heterocycles. The predicted octanol–water partition coefficient (Wildman–Crippen LogP) is 5.10. The summed E-state index contributed by atoms with van der Waals surface area (Å²) >= 11 is 4.61. The monoisotopic (exact) mass is 252 g/mol. The summed E-state index contributed by atoms with van der Waals surface area (Å²) < 4.78 is 0. The molecule has 1 atom stereocenters. The zero-order valence-corrected chi connectivity index (χ0v) is 12.2. The maximum atomic E-state index is 4.61. The van der Waals surface area contributed by atoms with Gasteiger partial charge in [0.15, 0.2) is 0 Å². The summed E-state index contributed by atoms with van der Waals surface area (Å²) in [6.45, 7) is 6.21. The lowest BCUT2D eigenvalue weighted by molar-refractivity contribution is 0.156. The van der Waals surface area contributed by atoms with Crippen molar-refractivity contribution in [2.75, 3.05) is 0 Å². The molecular formula is C16H28S. The van der Waals surface area contributed by atoms with Crippen molar-refractivity contribution in [2.45, 2.75) is 63.5 Å². The van der Waals surface area contributed by atoms with Gasteiger partial charge in [0.1, 0.15) is 0 Å². The molecule has 98 valence electrons. The Kier molecular flexibility index (Phi) is 5.02. The second kappa shape index (κ2) is 6.31. The molecule has 0 bridgehead atoms. The van der Waals surface area contributed by atoms with E-state index in [0.717, 1.165) is 23.7 Å². The molecule has 0 spiro atoms. The highest BCUT2D eigenvalue weighted by molar-refractivity contribution is 7.80. The molecule has 0 aromatic carbocycles. The molecule has 2 fully saturated rings. The fourth-order valence-electron chi connectivity index (χ4n) is 3.95. The van der Waals surface area contributed by atoms with Crippen LogP contribution in [0, 0.1) is 23.7 Å². The normalized spacial score (nSPS) is 40.8. The number of allylic oxidation sites excluding steroid dienone is 1. The number of hydrogen-bond donors (Lipinski definition) is 1. The lowest BCUT2D eigenvalue weighted by atomic mass is 9.69. The smallest absolute Gasteiger partial charge is 0.00167 e. The van der Waals surface area contributed by atoms with E-state index in [0.29, 0.717) is 5.25 Å². The zero-order valence-electron chi connectivity index (χ0n) is 11.3. The summed E-state index contributed by atoms with van der Waals surface area (Å²) in [4.78, 5) is 0. The highest BCUT2D eigenvalue weighted by atomic mass is 32.1. The Bertz CT molecular complexity index is 230. The molecule has 2 saturated carbocycles. The third-order valence-electron chi connectivity index (χ3n) is 5.32. The molecule has 0 aromatic rings. The molecule has 1 heteroatoms. The Labute approximate surface area is 113 Å². The van der Waals surface area contributed by atoms with Gasteiger partial charge in [-0.25, -0.2) is 0 Å². The van der Waals surface area contributed by atoms with Gasteiger partial charge in [0, 0.05) is 5.25 Å². The third-order valence-corrected chi connectivity index (χ3v) is 5.74. The summed E-state index contributed by atoms with van der Waals surface area (Å²) in [5, 5.41) is 0.604. The summed E-state index contributed by atoms with van der Waals surface area (Å²) in [6.07, 6.45) is 13.7. The zero-order chi connectivity index (χ0) is 12.3. The molecule has 1 unspecified atom stereocenters. The van der Waals surface area contributed by atoms with Crippen LogP contribution in [-0.4, -0.2) is 5.25 Å². The van der Waals surface area contributed by atoms with E-state index >= 15 is 0 Å². The molecule has 0 N–H and O–H groups in total. The van der Waals surface area contributed by atoms with Crippen molar-refractivity contribution in [1.29, 1.82) is 0 Å². The van der Waals surface area contributed by atoms with Gasteiger partial charge in [0.25, 0.3) is 0 Å². The first-order valence-electron chi connectivity index (χ1n) is 7.51. The first-order valence-corrected chi connectivity index (χ1v) is 8.03. The Morgan fingerprint density at radius 3 is 1.82 bits per heavy atom. The van der Waals surface area contributed by atoms with Crippen molar-refractivity contribution in [3.63, 3.8) is 0 Å². The van der Waals surface area contributed by atoms with E-state index in [-0.39, 0.29) is 0 Å². The van der Waals surface area contributed by atoms with Crippen molar-refractivity contribution < 1.29 is 0 Å². The standard InChI is InChI=1S/C16H28S/c1-3-13-4-6-15(7-5-13)16-10-8-14(9-11-16)12(2)17/h3,12-17H,1,4-11H2,2H3. The molecule has 0 saturated heterocycles. The minimum Gasteiger partial charge on any atom is -0.176 e. The molecule has 0 radical (unpaired) electrons. The molecule has 2 aliphatic carbocycles. The highest BCUT2D eigenvalue weighted by Gasteiger charge is 2.30. The van der Waals surface area contributed by atoms with Gasteiger partial charge in [0.2, 0.25) is 0 Å². The third kappa shape index (κ3) is 3.53. The lowest BCUT2D eigenvalue weighted by Gasteiger charge is -2.38. The van der Waals surface area contributed by atoms with E-state index in [2.05, 4.69) is 32.2 Å². The van der Waals surface area contributed by atoms with Gasteiger partial charge >= 0.3 is 0 Å². The summed E-state index contributed by atoms with van der Waals surface area (Å²) in [5.41, 5.74) is 0. The number of thiol groups is 1. The van der Waals surface area contributed by atoms with E-state index in [1.54, 1.807) is 0 Å². The van der Waals surface area contributed by atoms with Crippen LogP contribution < -0.4 is 0 Å². The van der Waals surface area contributed by atoms with Gasteiger partial charge in [-0.05, 0) is 75.0 Å². The molecule has 0 amide bonds. The van der Waals surface area contributed by atoms with Crippen LogP contribution in [-0.2, 0) is 0 Å². The highest BCUT2D eigenvalue weighted by Crippen LogP contribution is 2.42. The minimum atomic E-state index is 0.604. The molecular weight excluding hydrogens is 224 g/mol. The summed E-state index contributed by atoms with van der Waals surface area (Å²) in [7, 11) is 0. The maximum absolute atomic E-state index is 4.61. The van der Waals surface area contributed by atoms with Crippen molar-refractivity contribution in [3.05, 3.63) is 12.7 Å². The van der Waals surface area contributed by atoms with Crippen LogP contribution in [0.15, 0.2) is 12.7 Å². The molecule has 2 rings (SSSR count). The SMILES string of the molecule is C=CC1CCC(C2CCC(C(C)S)CC2)CC1. The predicted molar refractivity (Wildman–Crippen MR) is 79.5 cm³/mol. The average molecular weight is 252 g/mol. The van der Waals surface area contributed by atoms with Crippen molar-refractivity contribution in [1.82, 2.24) is 0 Å². The largest absolute Gasteiger partial charge is 0.176 e. The second-order valence-corrected chi connectivity index (χ2v) is 7.14. The lowest BCUT2D eigenvalue weighted by Crippen LogP contribution is -2.27. The summed E-state index contributed by atoms with van der Waals surface area (Å²) in [5.74, 6) is 3.77. The first-order chi connectivity index (χ1) is 8.20. The Balaban J connectivity index is 1.76. The van der Waals surface area contributed by atoms with E-state index < -0.39 is 0 Å². The van der Waals surface area contributed by atoms with Gasteiger partial charge in [-0.1, -0.05) is 13.0 Å². The van der Waals surface area contributed by atoms with Gasteiger partial charge in [0.05, 0.1) is 0 Å². The van der Waals surface area contributed by atoms with Crippen molar-refractivity contribution >= 4 is 12.6 Å². The average Bonchev–Trinajstić information content (AvgIpc) is 2.39. The molecule has 0 aliphatic heterocycles. The second-order valence-electron chi connectivity index (χ2n) is 6.33. The molecule has 17 heavy (non-hydrogen) atoms. The number of hydrogen-bond acceptors (Lipinski definition) is 1. The van der Waals surface area contributed by atoms with Crippen LogP contribution in [0.2, 0.25) is 0 Å². The fourth-order valence-corrected chi connectivity index (χ4v) is 4.25. The quantitative estimate of drug-likeness (QED) is 0.524. The van der Waals surface area contributed by atoms with Crippen LogP contribution in [0.5, 0.6) is 0 Å². The van der Waals surface area contributed by atoms with Crippen molar-refractivity contribution in [3.8, 4) is 0 Å². The Hall–Kier alpha value is 0.0900. The molecule has 0 nitrogen and oxygen atoms in total. The fraction of sp³-hybridized carbons (Fsp3) is 0.875. The Morgan fingerprint density at radius 2 is 1.41 bits per heavy atom. The van der Waals surface area contributed by atoms with Crippen molar-refractivity contribution in [2.24, 2.45) is 23.7 Å². The van der Waals surface area contributed by atoms with Crippen LogP contribution in [0.25, 0.3) is 0 Å². The molecule has 0 heterocycles. The van der Waals surface area contributed by atoms with E-state index in [4.69, 9.17) is 0 Å². The minimum absolute atomic E-state index is 0.604. The van der Waals surface area contributed by atoms with E-state index in [1.165, 1.54) is 51.4 Å². The van der Waals surface area contributed by atoms with Gasteiger partial charge in [-0.3, -0.25) is 0 Å². The van der Waals surface area contributed by atoms with Crippen LogP contribution in [0.3, 0.4) is 0 Å². The molecule has 2 aliphatic rings. The topological polar surface area (TPSA) is 0 Å². The van der Waals surface area contributed by atoms with Crippen LogP contribution in [0.1, 0.15) is 58.3 Å². The van der Waals surface area contributed by atoms with Crippen LogP contribution >= 0.6 is 12.6 Å². The van der Waals surface area contributed by atoms with Gasteiger partial charge in [-0.2, -0.15) is 12.6 Å². The van der Waals surface area contributed by atoms with Crippen LogP contribution in [0.4, 0.5) is 0 Å².